The average molecular weight is 603 g/mol. The van der Waals surface area contributed by atoms with Gasteiger partial charge in [-0.2, -0.15) is 0 Å². The van der Waals surface area contributed by atoms with Gasteiger partial charge in [-0.1, -0.05) is 146 Å². The highest BCUT2D eigenvalue weighted by Crippen LogP contribution is 2.61. The molecular formula is C45H30O2. The van der Waals surface area contributed by atoms with Gasteiger partial charge in [-0.3, -0.25) is 0 Å². The molecule has 2 nitrogen and oxygen atoms in total. The number of aromatic hydroxyl groups is 2. The fraction of sp³-hybridized carbons (Fsp3) is 0.0222. The molecule has 0 saturated heterocycles. The summed E-state index contributed by atoms with van der Waals surface area (Å²) in [4.78, 5) is 0. The summed E-state index contributed by atoms with van der Waals surface area (Å²) in [5.74, 6) is 0.448. The Hall–Kier alpha value is -6.12. The van der Waals surface area contributed by atoms with E-state index in [0.29, 0.717) is 0 Å². The van der Waals surface area contributed by atoms with E-state index in [1.807, 2.05) is 24.3 Å². The average Bonchev–Trinajstić information content (AvgIpc) is 3.43. The number of rotatable bonds is 4. The highest BCUT2D eigenvalue weighted by atomic mass is 16.3. The SMILES string of the molecule is Oc1ccc(C2(c3ccc(O)cc3)c3cccc(-c4cccc5ccccc45)c3-c3c(-c4cccc5ccccc45)cccc32)cc1. The van der Waals surface area contributed by atoms with Gasteiger partial charge >= 0.3 is 0 Å². The van der Waals surface area contributed by atoms with Crippen LogP contribution in [0.3, 0.4) is 0 Å². The molecule has 0 amide bonds. The van der Waals surface area contributed by atoms with Gasteiger partial charge < -0.3 is 10.2 Å². The summed E-state index contributed by atoms with van der Waals surface area (Å²) in [6.07, 6.45) is 0. The quantitative estimate of drug-likeness (QED) is 0.210. The summed E-state index contributed by atoms with van der Waals surface area (Å²) < 4.78 is 0. The molecule has 0 radical (unpaired) electrons. The van der Waals surface area contributed by atoms with Gasteiger partial charge in [0.25, 0.3) is 0 Å². The molecule has 2 N–H and O–H groups in total. The van der Waals surface area contributed by atoms with Gasteiger partial charge in [0, 0.05) is 0 Å². The zero-order chi connectivity index (χ0) is 31.5. The van der Waals surface area contributed by atoms with Crippen molar-refractivity contribution in [1.82, 2.24) is 0 Å². The summed E-state index contributed by atoms with van der Waals surface area (Å²) in [5.41, 5.74) is 10.8. The third kappa shape index (κ3) is 3.98. The van der Waals surface area contributed by atoms with Gasteiger partial charge in [0.05, 0.1) is 5.41 Å². The van der Waals surface area contributed by atoms with E-state index in [1.165, 1.54) is 66.1 Å². The monoisotopic (exact) mass is 602 g/mol. The molecular weight excluding hydrogens is 572 g/mol. The Morgan fingerprint density at radius 1 is 0.319 bits per heavy atom. The van der Waals surface area contributed by atoms with Crippen LogP contribution >= 0.6 is 0 Å². The Morgan fingerprint density at radius 3 is 1.13 bits per heavy atom. The molecule has 0 atom stereocenters. The molecule has 0 saturated carbocycles. The smallest absolute Gasteiger partial charge is 0.115 e. The second-order valence-electron chi connectivity index (χ2n) is 12.4. The van der Waals surface area contributed by atoms with Gasteiger partial charge in [0.2, 0.25) is 0 Å². The number of hydrogen-bond acceptors (Lipinski definition) is 2. The number of fused-ring (bicyclic) bond motifs is 5. The van der Waals surface area contributed by atoms with Crippen LogP contribution < -0.4 is 0 Å². The normalized spacial score (nSPS) is 13.0. The van der Waals surface area contributed by atoms with Crippen molar-refractivity contribution in [3.8, 4) is 44.9 Å². The van der Waals surface area contributed by atoms with Gasteiger partial charge in [0.1, 0.15) is 11.5 Å². The van der Waals surface area contributed by atoms with Crippen LogP contribution in [0.2, 0.25) is 0 Å². The molecule has 1 aliphatic carbocycles. The molecule has 9 rings (SSSR count). The van der Waals surface area contributed by atoms with Crippen molar-refractivity contribution >= 4 is 21.5 Å². The van der Waals surface area contributed by atoms with Crippen LogP contribution in [0.1, 0.15) is 22.3 Å². The van der Waals surface area contributed by atoms with Gasteiger partial charge in [-0.25, -0.2) is 0 Å². The summed E-state index contributed by atoms with van der Waals surface area (Å²) in [7, 11) is 0. The summed E-state index contributed by atoms with van der Waals surface area (Å²) in [6, 6.07) is 59.0. The maximum Gasteiger partial charge on any atom is 0.115 e. The first kappa shape index (κ1) is 27.2. The Balaban J connectivity index is 1.48. The molecule has 0 aromatic heterocycles. The molecule has 0 bridgehead atoms. The Bertz CT molecular complexity index is 2290. The van der Waals surface area contributed by atoms with Crippen LogP contribution in [0.5, 0.6) is 11.5 Å². The molecule has 222 valence electrons. The maximum atomic E-state index is 10.4. The Morgan fingerprint density at radius 2 is 0.681 bits per heavy atom. The lowest BCUT2D eigenvalue weighted by molar-refractivity contribution is 0.475. The van der Waals surface area contributed by atoms with Crippen LogP contribution in [0, 0.1) is 0 Å². The lowest BCUT2D eigenvalue weighted by Gasteiger charge is -2.34. The van der Waals surface area contributed by atoms with Crippen molar-refractivity contribution in [3.05, 3.63) is 192 Å². The fourth-order valence-corrected chi connectivity index (χ4v) is 7.99. The van der Waals surface area contributed by atoms with E-state index in [-0.39, 0.29) is 11.5 Å². The standard InChI is InChI=1S/C45H30O2/c46-33-25-21-31(22-26-33)45(32-23-27-34(47)28-24-32)41-19-7-17-39(37-15-5-11-29-9-1-3-13-35(29)37)43(41)44-40(18-8-20-42(44)45)38-16-6-12-30-10-2-4-14-36(30)38/h1-28,46-47H. The summed E-state index contributed by atoms with van der Waals surface area (Å²) in [6.45, 7) is 0. The summed E-state index contributed by atoms with van der Waals surface area (Å²) in [5, 5.41) is 25.7. The van der Waals surface area contributed by atoms with Crippen LogP contribution in [-0.2, 0) is 5.41 Å². The number of phenolic OH excluding ortho intramolecular Hbond substituents is 2. The zero-order valence-corrected chi connectivity index (χ0v) is 25.6. The molecule has 8 aromatic rings. The van der Waals surface area contributed by atoms with E-state index in [9.17, 15) is 10.2 Å². The Labute approximate surface area is 273 Å². The molecule has 0 spiro atoms. The van der Waals surface area contributed by atoms with E-state index < -0.39 is 5.41 Å². The molecule has 47 heavy (non-hydrogen) atoms. The minimum Gasteiger partial charge on any atom is -0.508 e. The van der Waals surface area contributed by atoms with Gasteiger partial charge in [0.15, 0.2) is 0 Å². The zero-order valence-electron chi connectivity index (χ0n) is 25.6. The Kier molecular flexibility index (Phi) is 6.06. The number of phenols is 2. The van der Waals surface area contributed by atoms with Crippen molar-refractivity contribution in [2.45, 2.75) is 5.41 Å². The van der Waals surface area contributed by atoms with Crippen molar-refractivity contribution < 1.29 is 10.2 Å². The first-order valence-corrected chi connectivity index (χ1v) is 16.0. The molecule has 0 aliphatic heterocycles. The first-order chi connectivity index (χ1) is 23.1. The predicted molar refractivity (Wildman–Crippen MR) is 193 cm³/mol. The highest BCUT2D eigenvalue weighted by Gasteiger charge is 2.48. The first-order valence-electron chi connectivity index (χ1n) is 16.0. The van der Waals surface area contributed by atoms with Gasteiger partial charge in [-0.05, 0) is 101 Å². The van der Waals surface area contributed by atoms with Crippen molar-refractivity contribution in [2.24, 2.45) is 0 Å². The largest absolute Gasteiger partial charge is 0.508 e. The van der Waals surface area contributed by atoms with Crippen LogP contribution in [0.15, 0.2) is 170 Å². The highest BCUT2D eigenvalue weighted by molar-refractivity contribution is 6.09. The number of benzene rings is 8. The third-order valence-corrected chi connectivity index (χ3v) is 9.95. The fourth-order valence-electron chi connectivity index (χ4n) is 7.99. The minimum atomic E-state index is -0.715. The molecule has 2 heteroatoms. The van der Waals surface area contributed by atoms with E-state index in [4.69, 9.17) is 0 Å². The van der Waals surface area contributed by atoms with E-state index in [1.54, 1.807) is 24.3 Å². The topological polar surface area (TPSA) is 40.5 Å². The van der Waals surface area contributed by atoms with E-state index in [2.05, 4.69) is 121 Å². The molecule has 0 unspecified atom stereocenters. The number of hydrogen-bond donors (Lipinski definition) is 2. The third-order valence-electron chi connectivity index (χ3n) is 9.95. The van der Waals surface area contributed by atoms with Crippen LogP contribution in [-0.4, -0.2) is 10.2 Å². The second kappa shape index (κ2) is 10.5. The van der Waals surface area contributed by atoms with Crippen molar-refractivity contribution in [2.75, 3.05) is 0 Å². The molecule has 0 fully saturated rings. The van der Waals surface area contributed by atoms with Crippen LogP contribution in [0.25, 0.3) is 54.9 Å². The minimum absolute atomic E-state index is 0.224. The molecule has 1 aliphatic rings. The lowest BCUT2D eigenvalue weighted by Crippen LogP contribution is -2.28. The summed E-state index contributed by atoms with van der Waals surface area (Å²) >= 11 is 0. The predicted octanol–water partition coefficient (Wildman–Crippen LogP) is 11.1. The van der Waals surface area contributed by atoms with Crippen LogP contribution in [0.4, 0.5) is 0 Å². The van der Waals surface area contributed by atoms with Crippen molar-refractivity contribution in [1.29, 1.82) is 0 Å². The lowest BCUT2D eigenvalue weighted by atomic mass is 9.67. The second-order valence-corrected chi connectivity index (χ2v) is 12.4. The maximum absolute atomic E-state index is 10.4. The van der Waals surface area contributed by atoms with E-state index >= 15 is 0 Å². The van der Waals surface area contributed by atoms with E-state index in [0.717, 1.165) is 11.1 Å². The van der Waals surface area contributed by atoms with Gasteiger partial charge in [-0.15, -0.1) is 0 Å². The molecule has 8 aromatic carbocycles. The van der Waals surface area contributed by atoms with Crippen molar-refractivity contribution in [3.63, 3.8) is 0 Å². The molecule has 0 heterocycles.